The van der Waals surface area contributed by atoms with Crippen LogP contribution in [0, 0.1) is 10.1 Å². The quantitative estimate of drug-likeness (QED) is 0.636. The molecule has 1 aliphatic rings. The summed E-state index contributed by atoms with van der Waals surface area (Å²) in [4.78, 5) is 26.0. The zero-order valence-electron chi connectivity index (χ0n) is 12.1. The lowest BCUT2D eigenvalue weighted by Crippen LogP contribution is -2.48. The van der Waals surface area contributed by atoms with Crippen LogP contribution in [0.3, 0.4) is 0 Å². The van der Waals surface area contributed by atoms with Gasteiger partial charge in [-0.2, -0.15) is 0 Å². The second-order valence-electron chi connectivity index (χ2n) is 5.13. The molecule has 0 spiro atoms. The van der Waals surface area contributed by atoms with Gasteiger partial charge in [0.05, 0.1) is 16.8 Å². The summed E-state index contributed by atoms with van der Waals surface area (Å²) in [6.07, 6.45) is 0. The lowest BCUT2D eigenvalue weighted by atomic mass is 10.2. The largest absolute Gasteiger partial charge is 0.433 e. The number of carbonyl (C=O) groups excluding carboxylic acids is 1. The van der Waals surface area contributed by atoms with E-state index in [2.05, 4.69) is 4.90 Å². The van der Waals surface area contributed by atoms with Gasteiger partial charge in [0.2, 0.25) is 0 Å². The molecule has 23 heavy (non-hydrogen) atoms. The number of carbonyl (C=O) groups is 1. The number of anilines is 1. The van der Waals surface area contributed by atoms with E-state index in [1.165, 1.54) is 12.1 Å². The Hall–Kier alpha value is -2.54. The molecule has 7 nitrogen and oxygen atoms in total. The number of halogens is 1. The maximum Gasteiger partial charge on any atom is 0.433 e. The fourth-order valence-electron chi connectivity index (χ4n) is 2.56. The van der Waals surface area contributed by atoms with Crippen LogP contribution in [0.25, 0.3) is 0 Å². The number of hydrogen-bond donors (Lipinski definition) is 0. The summed E-state index contributed by atoms with van der Waals surface area (Å²) in [5.41, 5.74) is 0.940. The Labute approximate surface area is 137 Å². The Bertz CT molecular complexity index is 738. The van der Waals surface area contributed by atoms with Crippen LogP contribution in [0.1, 0.15) is 10.6 Å². The first-order chi connectivity index (χ1) is 11.1. The van der Waals surface area contributed by atoms with Crippen LogP contribution >= 0.6 is 11.6 Å². The molecule has 2 heterocycles. The second-order valence-corrected chi connectivity index (χ2v) is 5.53. The van der Waals surface area contributed by atoms with Crippen molar-refractivity contribution in [2.75, 3.05) is 31.1 Å². The van der Waals surface area contributed by atoms with E-state index >= 15 is 0 Å². The first-order valence-electron chi connectivity index (χ1n) is 7.09. The number of furan rings is 1. The van der Waals surface area contributed by atoms with E-state index in [9.17, 15) is 14.9 Å². The third-order valence-corrected chi connectivity index (χ3v) is 4.06. The third kappa shape index (κ3) is 3.14. The second kappa shape index (κ2) is 6.29. The van der Waals surface area contributed by atoms with Crippen LogP contribution in [0.2, 0.25) is 5.02 Å². The summed E-state index contributed by atoms with van der Waals surface area (Å²) >= 11 is 6.18. The molecule has 0 aliphatic carbocycles. The minimum atomic E-state index is -0.661. The van der Waals surface area contributed by atoms with Gasteiger partial charge < -0.3 is 14.2 Å². The van der Waals surface area contributed by atoms with Gasteiger partial charge in [-0.1, -0.05) is 23.7 Å². The highest BCUT2D eigenvalue weighted by Gasteiger charge is 2.26. The Morgan fingerprint density at radius 3 is 2.43 bits per heavy atom. The van der Waals surface area contributed by atoms with E-state index in [0.29, 0.717) is 31.2 Å². The predicted molar refractivity (Wildman–Crippen MR) is 84.9 cm³/mol. The van der Waals surface area contributed by atoms with Gasteiger partial charge in [0.25, 0.3) is 5.91 Å². The van der Waals surface area contributed by atoms with E-state index in [-0.39, 0.29) is 11.7 Å². The highest BCUT2D eigenvalue weighted by atomic mass is 35.5. The van der Waals surface area contributed by atoms with Crippen molar-refractivity contribution in [1.29, 1.82) is 0 Å². The molecule has 1 amide bonds. The van der Waals surface area contributed by atoms with Crippen molar-refractivity contribution in [3.8, 4) is 0 Å². The van der Waals surface area contributed by atoms with Gasteiger partial charge in [-0.05, 0) is 18.2 Å². The van der Waals surface area contributed by atoms with Crippen molar-refractivity contribution in [2.24, 2.45) is 0 Å². The lowest BCUT2D eigenvalue weighted by Gasteiger charge is -2.36. The lowest BCUT2D eigenvalue weighted by molar-refractivity contribution is -0.402. The number of nitrogens with zero attached hydrogens (tertiary/aromatic N) is 3. The Balaban J connectivity index is 1.65. The molecule has 3 rings (SSSR count). The maximum absolute atomic E-state index is 12.3. The summed E-state index contributed by atoms with van der Waals surface area (Å²) in [5, 5.41) is 11.3. The summed E-state index contributed by atoms with van der Waals surface area (Å²) in [5.74, 6) is -0.775. The van der Waals surface area contributed by atoms with Gasteiger partial charge in [0.15, 0.2) is 5.76 Å². The summed E-state index contributed by atoms with van der Waals surface area (Å²) < 4.78 is 4.97. The van der Waals surface area contributed by atoms with Gasteiger partial charge in [0.1, 0.15) is 4.92 Å². The van der Waals surface area contributed by atoms with Crippen LogP contribution in [-0.4, -0.2) is 41.9 Å². The molecule has 0 bridgehead atoms. The number of amides is 1. The van der Waals surface area contributed by atoms with Crippen LogP contribution in [0.4, 0.5) is 11.6 Å². The molecule has 1 saturated heterocycles. The normalized spacial score (nSPS) is 14.8. The molecule has 0 atom stereocenters. The number of piperazine rings is 1. The van der Waals surface area contributed by atoms with Crippen molar-refractivity contribution in [1.82, 2.24) is 4.90 Å². The molecular formula is C15H14ClN3O4. The zero-order valence-corrected chi connectivity index (χ0v) is 12.9. The van der Waals surface area contributed by atoms with Gasteiger partial charge in [-0.15, -0.1) is 0 Å². The van der Waals surface area contributed by atoms with E-state index < -0.39 is 10.8 Å². The molecule has 1 aliphatic heterocycles. The van der Waals surface area contributed by atoms with E-state index in [1.807, 2.05) is 24.3 Å². The van der Waals surface area contributed by atoms with E-state index in [1.54, 1.807) is 4.90 Å². The molecule has 120 valence electrons. The zero-order chi connectivity index (χ0) is 16.4. The number of benzene rings is 1. The number of para-hydroxylation sites is 1. The molecular weight excluding hydrogens is 322 g/mol. The van der Waals surface area contributed by atoms with Crippen LogP contribution in [-0.2, 0) is 0 Å². The average Bonchev–Trinajstić information content (AvgIpc) is 3.05. The highest BCUT2D eigenvalue weighted by Crippen LogP contribution is 2.26. The number of rotatable bonds is 3. The fourth-order valence-corrected chi connectivity index (χ4v) is 2.81. The minimum absolute atomic E-state index is 0.0112. The topological polar surface area (TPSA) is 79.8 Å². The first kappa shape index (κ1) is 15.4. The van der Waals surface area contributed by atoms with Crippen LogP contribution < -0.4 is 4.90 Å². The molecule has 2 aromatic rings. The molecule has 0 radical (unpaired) electrons. The summed E-state index contributed by atoms with van der Waals surface area (Å²) in [6.45, 7) is 2.27. The molecule has 1 aromatic carbocycles. The van der Waals surface area contributed by atoms with Crippen molar-refractivity contribution < 1.29 is 14.1 Å². The standard InChI is InChI=1S/C15H14ClN3O4/c16-11-3-1-2-4-12(11)17-7-9-18(10-8-17)15(20)13-5-6-14(23-13)19(21)22/h1-6H,7-10H2. The van der Waals surface area contributed by atoms with Crippen LogP contribution in [0.15, 0.2) is 40.8 Å². The van der Waals surface area contributed by atoms with E-state index in [0.717, 1.165) is 5.69 Å². The fraction of sp³-hybridized carbons (Fsp3) is 0.267. The molecule has 0 N–H and O–H groups in total. The minimum Gasteiger partial charge on any atom is -0.395 e. The number of hydrogen-bond acceptors (Lipinski definition) is 5. The molecule has 0 unspecified atom stereocenters. The smallest absolute Gasteiger partial charge is 0.395 e. The predicted octanol–water partition coefficient (Wildman–Crippen LogP) is 2.80. The highest BCUT2D eigenvalue weighted by molar-refractivity contribution is 6.33. The van der Waals surface area contributed by atoms with Gasteiger partial charge in [-0.3, -0.25) is 14.9 Å². The summed E-state index contributed by atoms with van der Waals surface area (Å²) in [7, 11) is 0. The van der Waals surface area contributed by atoms with Crippen molar-refractivity contribution in [2.45, 2.75) is 0 Å². The Kier molecular flexibility index (Phi) is 4.20. The van der Waals surface area contributed by atoms with Crippen LogP contribution in [0.5, 0.6) is 0 Å². The van der Waals surface area contributed by atoms with Gasteiger partial charge in [0, 0.05) is 26.2 Å². The van der Waals surface area contributed by atoms with Crippen molar-refractivity contribution in [3.63, 3.8) is 0 Å². The van der Waals surface area contributed by atoms with Gasteiger partial charge >= 0.3 is 5.88 Å². The Morgan fingerprint density at radius 2 is 1.83 bits per heavy atom. The molecule has 1 fully saturated rings. The first-order valence-corrected chi connectivity index (χ1v) is 7.47. The van der Waals surface area contributed by atoms with Crippen molar-refractivity contribution in [3.05, 3.63) is 57.3 Å². The monoisotopic (exact) mass is 335 g/mol. The maximum atomic E-state index is 12.3. The average molecular weight is 336 g/mol. The SMILES string of the molecule is O=C(c1ccc([N+](=O)[O-])o1)N1CCN(c2ccccc2Cl)CC1. The third-order valence-electron chi connectivity index (χ3n) is 3.74. The van der Waals surface area contributed by atoms with E-state index in [4.69, 9.17) is 16.0 Å². The van der Waals surface area contributed by atoms with Gasteiger partial charge in [-0.25, -0.2) is 0 Å². The molecule has 8 heteroatoms. The molecule has 1 aromatic heterocycles. The molecule has 0 saturated carbocycles. The Morgan fingerprint density at radius 1 is 1.13 bits per heavy atom. The summed E-state index contributed by atoms with van der Waals surface area (Å²) in [6, 6.07) is 10.1. The number of nitro groups is 1. The van der Waals surface area contributed by atoms with Crippen molar-refractivity contribution >= 4 is 29.1 Å².